The van der Waals surface area contributed by atoms with Crippen LogP contribution in [0.2, 0.25) is 4.47 Å². The van der Waals surface area contributed by atoms with Gasteiger partial charge in [-0.2, -0.15) is 0 Å². The lowest BCUT2D eigenvalue weighted by atomic mass is 9.95. The lowest BCUT2D eigenvalue weighted by Crippen LogP contribution is -2.33. The van der Waals surface area contributed by atoms with Crippen LogP contribution in [0.5, 0.6) is 11.5 Å². The maximum absolute atomic E-state index is 10.5. The Balaban J connectivity index is 1.90. The molecule has 0 fully saturated rings. The number of aromatic nitrogens is 1. The molecule has 0 spiro atoms. The summed E-state index contributed by atoms with van der Waals surface area (Å²) in [5, 5.41) is 10.5. The highest BCUT2D eigenvalue weighted by molar-refractivity contribution is 7.15. The SMILES string of the molecule is COc1ccc(OC)c2c1CN(Cc1cnc(Cl)s1)CC2O. The number of aliphatic hydroxyl groups is 1. The van der Waals surface area contributed by atoms with Crippen molar-refractivity contribution in [3.8, 4) is 11.5 Å². The van der Waals surface area contributed by atoms with Crippen LogP contribution >= 0.6 is 22.9 Å². The fraction of sp³-hybridized carbons (Fsp3) is 0.400. The molecule has 1 aromatic carbocycles. The number of methoxy groups -OCH3 is 2. The Morgan fingerprint density at radius 3 is 2.73 bits per heavy atom. The van der Waals surface area contributed by atoms with Gasteiger partial charge in [-0.15, -0.1) is 11.3 Å². The van der Waals surface area contributed by atoms with Crippen molar-refractivity contribution < 1.29 is 14.6 Å². The summed E-state index contributed by atoms with van der Waals surface area (Å²) in [6.07, 6.45) is 1.16. The van der Waals surface area contributed by atoms with Crippen LogP contribution in [0.15, 0.2) is 18.3 Å². The number of halogens is 1. The van der Waals surface area contributed by atoms with Crippen LogP contribution in [0.25, 0.3) is 0 Å². The summed E-state index contributed by atoms with van der Waals surface area (Å²) in [6, 6.07) is 3.71. The number of benzene rings is 1. The van der Waals surface area contributed by atoms with Crippen molar-refractivity contribution in [1.82, 2.24) is 9.88 Å². The minimum Gasteiger partial charge on any atom is -0.496 e. The van der Waals surface area contributed by atoms with E-state index in [0.29, 0.717) is 29.9 Å². The third-order valence-corrected chi connectivity index (χ3v) is 4.86. The third kappa shape index (κ3) is 2.92. The van der Waals surface area contributed by atoms with Crippen LogP contribution < -0.4 is 9.47 Å². The number of β-amino-alcohol motifs (C(OH)–C–C–N with tert-alkyl or cyclic N) is 1. The predicted molar refractivity (Wildman–Crippen MR) is 85.7 cm³/mol. The number of fused-ring (bicyclic) bond motifs is 1. The van der Waals surface area contributed by atoms with Crippen molar-refractivity contribution in [3.63, 3.8) is 0 Å². The molecule has 0 amide bonds. The molecule has 0 radical (unpaired) electrons. The number of hydrogen-bond donors (Lipinski definition) is 1. The van der Waals surface area contributed by atoms with Gasteiger partial charge >= 0.3 is 0 Å². The van der Waals surface area contributed by atoms with Gasteiger partial charge in [-0.1, -0.05) is 11.6 Å². The van der Waals surface area contributed by atoms with E-state index < -0.39 is 6.10 Å². The van der Waals surface area contributed by atoms with Gasteiger partial charge in [0.25, 0.3) is 0 Å². The molecule has 3 rings (SSSR count). The molecule has 7 heteroatoms. The molecule has 0 bridgehead atoms. The second kappa shape index (κ2) is 6.42. The van der Waals surface area contributed by atoms with E-state index in [9.17, 15) is 5.11 Å². The highest BCUT2D eigenvalue weighted by Crippen LogP contribution is 2.39. The largest absolute Gasteiger partial charge is 0.496 e. The van der Waals surface area contributed by atoms with E-state index in [1.54, 1.807) is 20.4 Å². The highest BCUT2D eigenvalue weighted by atomic mass is 35.5. The molecule has 1 N–H and O–H groups in total. The smallest absolute Gasteiger partial charge is 0.183 e. The van der Waals surface area contributed by atoms with E-state index in [1.165, 1.54) is 11.3 Å². The molecule has 1 aliphatic rings. The second-order valence-corrected chi connectivity index (χ2v) is 6.82. The van der Waals surface area contributed by atoms with Crippen LogP contribution in [-0.4, -0.2) is 35.8 Å². The summed E-state index contributed by atoms with van der Waals surface area (Å²) in [5.74, 6) is 1.46. The van der Waals surface area contributed by atoms with Gasteiger partial charge < -0.3 is 14.6 Å². The number of thiazole rings is 1. The monoisotopic (exact) mass is 340 g/mol. The number of ether oxygens (including phenoxy) is 2. The number of rotatable bonds is 4. The molecule has 1 aliphatic heterocycles. The first-order chi connectivity index (χ1) is 10.6. The molecule has 1 aromatic heterocycles. The van der Waals surface area contributed by atoms with Gasteiger partial charge in [-0.05, 0) is 12.1 Å². The zero-order valence-corrected chi connectivity index (χ0v) is 13.9. The maximum Gasteiger partial charge on any atom is 0.183 e. The van der Waals surface area contributed by atoms with Gasteiger partial charge in [-0.3, -0.25) is 4.90 Å². The molecule has 118 valence electrons. The Morgan fingerprint density at radius 2 is 2.09 bits per heavy atom. The summed E-state index contributed by atoms with van der Waals surface area (Å²) in [6.45, 7) is 1.91. The van der Waals surface area contributed by atoms with Crippen molar-refractivity contribution in [2.45, 2.75) is 19.2 Å². The van der Waals surface area contributed by atoms with Crippen LogP contribution in [0, 0.1) is 0 Å². The quantitative estimate of drug-likeness (QED) is 0.927. The highest BCUT2D eigenvalue weighted by Gasteiger charge is 2.29. The molecule has 0 aliphatic carbocycles. The minimum absolute atomic E-state index is 0.534. The van der Waals surface area contributed by atoms with Crippen molar-refractivity contribution in [3.05, 3.63) is 38.8 Å². The van der Waals surface area contributed by atoms with Crippen LogP contribution in [0.1, 0.15) is 22.1 Å². The topological polar surface area (TPSA) is 54.8 Å². The summed E-state index contributed by atoms with van der Waals surface area (Å²) in [7, 11) is 3.25. The van der Waals surface area contributed by atoms with Crippen molar-refractivity contribution in [2.75, 3.05) is 20.8 Å². The van der Waals surface area contributed by atoms with Gasteiger partial charge in [0.1, 0.15) is 11.5 Å². The first kappa shape index (κ1) is 15.6. The fourth-order valence-corrected chi connectivity index (χ4v) is 3.86. The Bertz CT molecular complexity index is 677. The molecule has 2 heterocycles. The van der Waals surface area contributed by atoms with E-state index in [0.717, 1.165) is 21.8 Å². The zero-order chi connectivity index (χ0) is 15.7. The average Bonchev–Trinajstić information content (AvgIpc) is 2.91. The molecule has 1 unspecified atom stereocenters. The van der Waals surface area contributed by atoms with Crippen LogP contribution in [0.3, 0.4) is 0 Å². The molecule has 0 saturated carbocycles. The average molecular weight is 341 g/mol. The van der Waals surface area contributed by atoms with Crippen molar-refractivity contribution in [2.24, 2.45) is 0 Å². The van der Waals surface area contributed by atoms with E-state index in [2.05, 4.69) is 9.88 Å². The second-order valence-electron chi connectivity index (χ2n) is 5.13. The Morgan fingerprint density at radius 1 is 1.36 bits per heavy atom. The fourth-order valence-electron chi connectivity index (χ4n) is 2.84. The zero-order valence-electron chi connectivity index (χ0n) is 12.4. The normalized spacial score (nSPS) is 18.1. The van der Waals surface area contributed by atoms with Crippen molar-refractivity contribution >= 4 is 22.9 Å². The van der Waals surface area contributed by atoms with E-state index >= 15 is 0 Å². The van der Waals surface area contributed by atoms with Gasteiger partial charge in [0.2, 0.25) is 0 Å². The lowest BCUT2D eigenvalue weighted by Gasteiger charge is -2.33. The first-order valence-electron chi connectivity index (χ1n) is 6.86. The van der Waals surface area contributed by atoms with E-state index in [-0.39, 0.29) is 0 Å². The third-order valence-electron chi connectivity index (χ3n) is 3.76. The summed E-state index contributed by atoms with van der Waals surface area (Å²) in [4.78, 5) is 7.28. The molecular weight excluding hydrogens is 324 g/mol. The number of aliphatic hydroxyl groups excluding tert-OH is 1. The van der Waals surface area contributed by atoms with Gasteiger partial charge in [-0.25, -0.2) is 4.98 Å². The molecule has 22 heavy (non-hydrogen) atoms. The van der Waals surface area contributed by atoms with Crippen LogP contribution in [0.4, 0.5) is 0 Å². The van der Waals surface area contributed by atoms with Gasteiger partial charge in [0.15, 0.2) is 4.47 Å². The molecule has 0 saturated heterocycles. The number of hydrogen-bond acceptors (Lipinski definition) is 6. The molecule has 5 nitrogen and oxygen atoms in total. The van der Waals surface area contributed by atoms with Crippen LogP contribution in [-0.2, 0) is 13.1 Å². The predicted octanol–water partition coefficient (Wildman–Crippen LogP) is 2.86. The maximum atomic E-state index is 10.5. The first-order valence-corrected chi connectivity index (χ1v) is 8.06. The van der Waals surface area contributed by atoms with Crippen molar-refractivity contribution in [1.29, 1.82) is 0 Å². The number of nitrogens with zero attached hydrogens (tertiary/aromatic N) is 2. The molecular formula is C15H17ClN2O3S. The summed E-state index contributed by atoms with van der Waals surface area (Å²) < 4.78 is 11.4. The van der Waals surface area contributed by atoms with E-state index in [4.69, 9.17) is 21.1 Å². The summed E-state index contributed by atoms with van der Waals surface area (Å²) >= 11 is 7.33. The lowest BCUT2D eigenvalue weighted by molar-refractivity contribution is 0.0848. The van der Waals surface area contributed by atoms with Gasteiger partial charge in [0.05, 0.1) is 20.3 Å². The molecule has 1 atom stereocenters. The molecule has 2 aromatic rings. The Hall–Kier alpha value is -1.34. The van der Waals surface area contributed by atoms with E-state index in [1.807, 2.05) is 12.1 Å². The standard InChI is InChI=1S/C15H17ClN2O3S/c1-20-12-3-4-13(21-2)14-10(12)7-18(8-11(14)19)6-9-5-17-15(16)22-9/h3-5,11,19H,6-8H2,1-2H3. The minimum atomic E-state index is -0.614. The Labute approximate surface area is 138 Å². The summed E-state index contributed by atoms with van der Waals surface area (Å²) in [5.41, 5.74) is 1.79. The Kier molecular flexibility index (Phi) is 4.54. The van der Waals surface area contributed by atoms with Gasteiger partial charge in [0, 0.05) is 41.8 Å².